The molecule has 0 atom stereocenters. The molecule has 162 valence electrons. The molecule has 1 N–H and O–H groups in total. The molecule has 0 radical (unpaired) electrons. The fraction of sp³-hybridized carbons (Fsp3) is 0.304. The predicted octanol–water partition coefficient (Wildman–Crippen LogP) is 4.01. The molecule has 1 aromatic heterocycles. The zero-order valence-corrected chi connectivity index (χ0v) is 16.9. The van der Waals surface area contributed by atoms with Crippen LogP contribution in [0.2, 0.25) is 0 Å². The van der Waals surface area contributed by atoms with Crippen molar-refractivity contribution in [3.63, 3.8) is 0 Å². The van der Waals surface area contributed by atoms with Crippen LogP contribution < -0.4 is 5.32 Å². The first-order valence-corrected chi connectivity index (χ1v) is 10.1. The van der Waals surface area contributed by atoms with E-state index in [4.69, 9.17) is 0 Å². The quantitative estimate of drug-likeness (QED) is 0.667. The maximum Gasteiger partial charge on any atom is 0.418 e. The molecule has 2 heterocycles. The van der Waals surface area contributed by atoms with Crippen LogP contribution in [0.15, 0.2) is 60.8 Å². The minimum atomic E-state index is -4.51. The van der Waals surface area contributed by atoms with E-state index in [1.165, 1.54) is 18.2 Å². The van der Waals surface area contributed by atoms with E-state index in [0.717, 1.165) is 42.2 Å². The van der Waals surface area contributed by atoms with Gasteiger partial charge in [-0.15, -0.1) is 0 Å². The summed E-state index contributed by atoms with van der Waals surface area (Å²) in [6.07, 6.45) is -2.72. The zero-order valence-electron chi connectivity index (χ0n) is 16.9. The van der Waals surface area contributed by atoms with E-state index in [1.54, 1.807) is 6.20 Å². The Morgan fingerprint density at radius 2 is 1.65 bits per heavy atom. The maximum absolute atomic E-state index is 13.1. The molecule has 0 aliphatic carbocycles. The Morgan fingerprint density at radius 1 is 0.935 bits per heavy atom. The van der Waals surface area contributed by atoms with E-state index < -0.39 is 17.6 Å². The first kappa shape index (κ1) is 21.3. The van der Waals surface area contributed by atoms with Crippen LogP contribution in [0.1, 0.15) is 11.1 Å². The van der Waals surface area contributed by atoms with Gasteiger partial charge in [0.25, 0.3) is 0 Å². The number of fused-ring (bicyclic) bond motifs is 1. The van der Waals surface area contributed by atoms with Crippen LogP contribution in [0.3, 0.4) is 0 Å². The van der Waals surface area contributed by atoms with Gasteiger partial charge in [0.2, 0.25) is 5.91 Å². The lowest BCUT2D eigenvalue weighted by molar-refractivity contribution is -0.137. The number of hydrogen-bond acceptors (Lipinski definition) is 4. The Balaban J connectivity index is 1.31. The van der Waals surface area contributed by atoms with Crippen LogP contribution in [0, 0.1) is 0 Å². The average molecular weight is 428 g/mol. The molecule has 1 saturated heterocycles. The van der Waals surface area contributed by atoms with Crippen molar-refractivity contribution in [2.45, 2.75) is 12.7 Å². The summed E-state index contributed by atoms with van der Waals surface area (Å²) < 4.78 is 39.3. The monoisotopic (exact) mass is 428 g/mol. The van der Waals surface area contributed by atoms with Gasteiger partial charge in [-0.3, -0.25) is 19.6 Å². The minimum Gasteiger partial charge on any atom is -0.324 e. The number of pyridine rings is 1. The van der Waals surface area contributed by atoms with Gasteiger partial charge in [0.05, 0.1) is 23.3 Å². The first-order chi connectivity index (χ1) is 14.9. The summed E-state index contributed by atoms with van der Waals surface area (Å²) in [5, 5.41) is 3.52. The maximum atomic E-state index is 13.1. The summed E-state index contributed by atoms with van der Waals surface area (Å²) >= 11 is 0. The van der Waals surface area contributed by atoms with Crippen LogP contribution in [0.25, 0.3) is 10.9 Å². The van der Waals surface area contributed by atoms with E-state index in [2.05, 4.69) is 21.3 Å². The third-order valence-electron chi connectivity index (χ3n) is 5.45. The summed E-state index contributed by atoms with van der Waals surface area (Å²) in [6, 6.07) is 15.1. The third kappa shape index (κ3) is 5.21. The minimum absolute atomic E-state index is 0.0653. The van der Waals surface area contributed by atoms with Crippen LogP contribution in [-0.2, 0) is 17.5 Å². The van der Waals surface area contributed by atoms with E-state index in [0.29, 0.717) is 13.1 Å². The molecule has 0 spiro atoms. The molecule has 2 aromatic carbocycles. The fourth-order valence-electron chi connectivity index (χ4n) is 3.87. The van der Waals surface area contributed by atoms with Crippen LogP contribution in [0.4, 0.5) is 18.9 Å². The number of nitrogens with zero attached hydrogens (tertiary/aromatic N) is 3. The molecule has 31 heavy (non-hydrogen) atoms. The molecule has 0 saturated carbocycles. The van der Waals surface area contributed by atoms with E-state index in [-0.39, 0.29) is 12.2 Å². The van der Waals surface area contributed by atoms with E-state index >= 15 is 0 Å². The lowest BCUT2D eigenvalue weighted by Gasteiger charge is -2.34. The SMILES string of the molecule is O=C(CN1CCN(Cc2cccc3cccnc23)CC1)Nc1ccccc1C(F)(F)F. The standard InChI is InChI=1S/C23H23F3N4O/c24-23(25,26)19-8-1-2-9-20(19)28-21(31)16-30-13-11-29(12-14-30)15-18-6-3-5-17-7-4-10-27-22(17)18/h1-10H,11-16H2,(H,28,31). The van der Waals surface area contributed by atoms with Crippen LogP contribution >= 0.6 is 0 Å². The Kier molecular flexibility index (Phi) is 6.20. The first-order valence-electron chi connectivity index (χ1n) is 10.1. The van der Waals surface area contributed by atoms with Crippen molar-refractivity contribution in [3.05, 3.63) is 71.9 Å². The summed E-state index contributed by atoms with van der Waals surface area (Å²) in [7, 11) is 0. The number of alkyl halides is 3. The van der Waals surface area contributed by atoms with Gasteiger partial charge < -0.3 is 5.32 Å². The number of hydrogen-bond donors (Lipinski definition) is 1. The lowest BCUT2D eigenvalue weighted by atomic mass is 10.1. The second kappa shape index (κ2) is 9.03. The molecule has 1 aliphatic rings. The summed E-state index contributed by atoms with van der Waals surface area (Å²) in [5.41, 5.74) is 1.11. The molecule has 1 aliphatic heterocycles. The van der Waals surface area contributed by atoms with Gasteiger partial charge in [0, 0.05) is 44.3 Å². The van der Waals surface area contributed by atoms with E-state index in [9.17, 15) is 18.0 Å². The number of amides is 1. The number of carbonyl (C=O) groups excluding carboxylic acids is 1. The highest BCUT2D eigenvalue weighted by Gasteiger charge is 2.33. The van der Waals surface area contributed by atoms with Gasteiger partial charge in [-0.25, -0.2) is 0 Å². The Hall–Kier alpha value is -2.97. The van der Waals surface area contributed by atoms with Crippen molar-refractivity contribution < 1.29 is 18.0 Å². The van der Waals surface area contributed by atoms with Gasteiger partial charge in [0.1, 0.15) is 0 Å². The van der Waals surface area contributed by atoms with E-state index in [1.807, 2.05) is 29.2 Å². The molecule has 1 fully saturated rings. The molecule has 4 rings (SSSR count). The lowest BCUT2D eigenvalue weighted by Crippen LogP contribution is -2.48. The number of rotatable bonds is 5. The number of nitrogens with one attached hydrogen (secondary N) is 1. The Bertz CT molecular complexity index is 1060. The number of benzene rings is 2. The van der Waals surface area contributed by atoms with Gasteiger partial charge in [-0.05, 0) is 23.8 Å². The molecule has 8 heteroatoms. The number of anilines is 1. The molecule has 3 aromatic rings. The highest BCUT2D eigenvalue weighted by atomic mass is 19.4. The van der Waals surface area contributed by atoms with Crippen molar-refractivity contribution >= 4 is 22.5 Å². The molecular weight excluding hydrogens is 405 g/mol. The van der Waals surface area contributed by atoms with Crippen LogP contribution in [0.5, 0.6) is 0 Å². The number of para-hydroxylation sites is 2. The van der Waals surface area contributed by atoms with Crippen molar-refractivity contribution in [2.75, 3.05) is 38.0 Å². The topological polar surface area (TPSA) is 48.5 Å². The second-order valence-electron chi connectivity index (χ2n) is 7.64. The number of halogens is 3. The van der Waals surface area contributed by atoms with Crippen molar-refractivity contribution in [2.24, 2.45) is 0 Å². The smallest absolute Gasteiger partial charge is 0.324 e. The van der Waals surface area contributed by atoms with Crippen molar-refractivity contribution in [1.82, 2.24) is 14.8 Å². The second-order valence-corrected chi connectivity index (χ2v) is 7.64. The number of aromatic nitrogens is 1. The zero-order chi connectivity index (χ0) is 21.8. The highest BCUT2D eigenvalue weighted by Crippen LogP contribution is 2.34. The van der Waals surface area contributed by atoms with Crippen molar-refractivity contribution in [3.8, 4) is 0 Å². The molecular formula is C23H23F3N4O. The van der Waals surface area contributed by atoms with Gasteiger partial charge in [-0.2, -0.15) is 13.2 Å². The van der Waals surface area contributed by atoms with Gasteiger partial charge >= 0.3 is 6.18 Å². The Morgan fingerprint density at radius 3 is 2.42 bits per heavy atom. The number of piperazine rings is 1. The summed E-state index contributed by atoms with van der Waals surface area (Å²) in [4.78, 5) is 21.1. The third-order valence-corrected chi connectivity index (χ3v) is 5.45. The van der Waals surface area contributed by atoms with Gasteiger partial charge in [-0.1, -0.05) is 36.4 Å². The largest absolute Gasteiger partial charge is 0.418 e. The van der Waals surface area contributed by atoms with Crippen LogP contribution in [-0.4, -0.2) is 53.4 Å². The van der Waals surface area contributed by atoms with Crippen molar-refractivity contribution in [1.29, 1.82) is 0 Å². The predicted molar refractivity (Wildman–Crippen MR) is 114 cm³/mol. The molecule has 0 bridgehead atoms. The number of carbonyl (C=O) groups is 1. The summed E-state index contributed by atoms with van der Waals surface area (Å²) in [5.74, 6) is -0.441. The Labute approximate surface area is 178 Å². The molecule has 5 nitrogen and oxygen atoms in total. The average Bonchev–Trinajstić information content (AvgIpc) is 2.75. The highest BCUT2D eigenvalue weighted by molar-refractivity contribution is 5.93. The molecule has 1 amide bonds. The summed E-state index contributed by atoms with van der Waals surface area (Å²) in [6.45, 7) is 3.73. The normalized spacial score (nSPS) is 15.8. The molecule has 0 unspecified atom stereocenters. The fourth-order valence-corrected chi connectivity index (χ4v) is 3.87. The van der Waals surface area contributed by atoms with Gasteiger partial charge in [0.15, 0.2) is 0 Å².